The summed E-state index contributed by atoms with van der Waals surface area (Å²) in [6, 6.07) is 7.26. The van der Waals surface area contributed by atoms with Gasteiger partial charge in [0, 0.05) is 10.5 Å². The molecule has 1 N–H and O–H groups in total. The minimum atomic E-state index is 0.527. The van der Waals surface area contributed by atoms with Gasteiger partial charge in [0.25, 0.3) is 0 Å². The predicted octanol–water partition coefficient (Wildman–Crippen LogP) is 4.21. The van der Waals surface area contributed by atoms with Gasteiger partial charge in [-0.15, -0.1) is 0 Å². The number of hydrogen-bond donors (Lipinski definition) is 1. The van der Waals surface area contributed by atoms with Crippen LogP contribution in [0, 0.1) is 12.8 Å². The highest BCUT2D eigenvalue weighted by molar-refractivity contribution is 9.10. The minimum Gasteiger partial charge on any atom is -0.313 e. The topological polar surface area (TPSA) is 12.0 Å². The van der Waals surface area contributed by atoms with Crippen molar-refractivity contribution in [3.05, 3.63) is 33.8 Å². The van der Waals surface area contributed by atoms with Crippen molar-refractivity contribution in [2.45, 2.75) is 38.6 Å². The third-order valence-corrected chi connectivity index (χ3v) is 4.06. The molecular weight excluding hydrogens is 262 g/mol. The molecule has 1 nitrogen and oxygen atoms in total. The quantitative estimate of drug-likeness (QED) is 0.875. The average molecular weight is 282 g/mol. The molecule has 0 aromatic heterocycles. The van der Waals surface area contributed by atoms with Gasteiger partial charge in [0.2, 0.25) is 0 Å². The lowest BCUT2D eigenvalue weighted by Crippen LogP contribution is -2.23. The highest BCUT2D eigenvalue weighted by Crippen LogP contribution is 2.36. The van der Waals surface area contributed by atoms with E-state index in [0.717, 1.165) is 5.92 Å². The Morgan fingerprint density at radius 2 is 1.94 bits per heavy atom. The van der Waals surface area contributed by atoms with Crippen LogP contribution < -0.4 is 5.32 Å². The summed E-state index contributed by atoms with van der Waals surface area (Å²) in [6.45, 7) is 2.16. The largest absolute Gasteiger partial charge is 0.313 e. The molecule has 1 atom stereocenters. The van der Waals surface area contributed by atoms with Crippen LogP contribution in [-0.2, 0) is 0 Å². The average Bonchev–Trinajstić information content (AvgIpc) is 2.70. The molecule has 0 heterocycles. The molecule has 0 aliphatic heterocycles. The highest BCUT2D eigenvalue weighted by Gasteiger charge is 2.25. The number of rotatable bonds is 3. The fourth-order valence-electron chi connectivity index (χ4n) is 2.91. The van der Waals surface area contributed by atoms with Gasteiger partial charge in [-0.2, -0.15) is 0 Å². The van der Waals surface area contributed by atoms with Gasteiger partial charge in [0.05, 0.1) is 0 Å². The van der Waals surface area contributed by atoms with Crippen molar-refractivity contribution in [1.82, 2.24) is 5.32 Å². The third kappa shape index (κ3) is 2.67. The summed E-state index contributed by atoms with van der Waals surface area (Å²) in [6.07, 6.45) is 5.54. The fraction of sp³-hybridized carbons (Fsp3) is 0.571. The summed E-state index contributed by atoms with van der Waals surface area (Å²) < 4.78 is 1.20. The first-order valence-electron chi connectivity index (χ1n) is 6.15. The van der Waals surface area contributed by atoms with Crippen molar-refractivity contribution in [3.63, 3.8) is 0 Å². The normalized spacial score (nSPS) is 18.9. The van der Waals surface area contributed by atoms with E-state index in [1.807, 2.05) is 0 Å². The van der Waals surface area contributed by atoms with Crippen LogP contribution in [0.1, 0.15) is 42.9 Å². The predicted molar refractivity (Wildman–Crippen MR) is 72.6 cm³/mol. The van der Waals surface area contributed by atoms with Crippen molar-refractivity contribution in [1.29, 1.82) is 0 Å². The van der Waals surface area contributed by atoms with E-state index >= 15 is 0 Å². The Kier molecular flexibility index (Phi) is 4.04. The molecule has 0 radical (unpaired) electrons. The Morgan fingerprint density at radius 3 is 2.50 bits per heavy atom. The summed E-state index contributed by atoms with van der Waals surface area (Å²) in [5, 5.41) is 3.49. The lowest BCUT2D eigenvalue weighted by atomic mass is 9.91. The zero-order valence-electron chi connectivity index (χ0n) is 10.1. The summed E-state index contributed by atoms with van der Waals surface area (Å²) in [5.74, 6) is 0.818. The van der Waals surface area contributed by atoms with Crippen molar-refractivity contribution < 1.29 is 0 Å². The molecule has 1 aliphatic carbocycles. The molecular formula is C14H20BrN. The Balaban J connectivity index is 2.24. The van der Waals surface area contributed by atoms with Gasteiger partial charge in [-0.3, -0.25) is 0 Å². The minimum absolute atomic E-state index is 0.527. The standard InChI is InChI=1S/C14H20BrN/c1-10-7-12(9-13(15)8-10)14(16-2)11-5-3-4-6-11/h7-9,11,14,16H,3-6H2,1-2H3. The van der Waals surface area contributed by atoms with Crippen LogP contribution in [0.2, 0.25) is 0 Å². The Morgan fingerprint density at radius 1 is 1.25 bits per heavy atom. The van der Waals surface area contributed by atoms with E-state index in [-0.39, 0.29) is 0 Å². The van der Waals surface area contributed by atoms with E-state index in [0.29, 0.717) is 6.04 Å². The SMILES string of the molecule is CNC(c1cc(C)cc(Br)c1)C1CCCC1. The molecule has 1 aromatic rings. The lowest BCUT2D eigenvalue weighted by molar-refractivity contribution is 0.390. The molecule has 2 rings (SSSR count). The Bertz CT molecular complexity index is 336. The molecule has 1 fully saturated rings. The van der Waals surface area contributed by atoms with Crippen LogP contribution >= 0.6 is 15.9 Å². The van der Waals surface area contributed by atoms with E-state index in [2.05, 4.69) is 53.4 Å². The molecule has 0 bridgehead atoms. The summed E-state index contributed by atoms with van der Waals surface area (Å²) >= 11 is 3.59. The molecule has 0 amide bonds. The highest BCUT2D eigenvalue weighted by atomic mass is 79.9. The second kappa shape index (κ2) is 5.33. The maximum absolute atomic E-state index is 3.59. The number of nitrogens with one attached hydrogen (secondary N) is 1. The van der Waals surface area contributed by atoms with E-state index in [1.165, 1.54) is 41.3 Å². The van der Waals surface area contributed by atoms with E-state index in [9.17, 15) is 0 Å². The van der Waals surface area contributed by atoms with Gasteiger partial charge >= 0.3 is 0 Å². The van der Waals surface area contributed by atoms with Gasteiger partial charge in [-0.25, -0.2) is 0 Å². The number of benzene rings is 1. The summed E-state index contributed by atoms with van der Waals surface area (Å²) in [7, 11) is 2.08. The number of aryl methyl sites for hydroxylation is 1. The van der Waals surface area contributed by atoms with Crippen LogP contribution in [0.4, 0.5) is 0 Å². The second-order valence-electron chi connectivity index (χ2n) is 4.87. The zero-order chi connectivity index (χ0) is 11.5. The molecule has 88 valence electrons. The van der Waals surface area contributed by atoms with Gasteiger partial charge in [0.15, 0.2) is 0 Å². The maximum Gasteiger partial charge on any atom is 0.0346 e. The van der Waals surface area contributed by atoms with Crippen LogP contribution in [-0.4, -0.2) is 7.05 Å². The first-order chi connectivity index (χ1) is 7.70. The molecule has 0 spiro atoms. The summed E-state index contributed by atoms with van der Waals surface area (Å²) in [5.41, 5.74) is 2.77. The van der Waals surface area contributed by atoms with Gasteiger partial charge in [0.1, 0.15) is 0 Å². The molecule has 0 saturated heterocycles. The smallest absolute Gasteiger partial charge is 0.0346 e. The second-order valence-corrected chi connectivity index (χ2v) is 5.79. The van der Waals surface area contributed by atoms with E-state index in [1.54, 1.807) is 0 Å². The van der Waals surface area contributed by atoms with Crippen LogP contribution in [0.3, 0.4) is 0 Å². The van der Waals surface area contributed by atoms with Crippen molar-refractivity contribution >= 4 is 15.9 Å². The number of hydrogen-bond acceptors (Lipinski definition) is 1. The summed E-state index contributed by atoms with van der Waals surface area (Å²) in [4.78, 5) is 0. The van der Waals surface area contributed by atoms with Crippen molar-refractivity contribution in [3.8, 4) is 0 Å². The number of halogens is 1. The zero-order valence-corrected chi connectivity index (χ0v) is 11.7. The van der Waals surface area contributed by atoms with Gasteiger partial charge in [-0.05, 0) is 56.0 Å². The van der Waals surface area contributed by atoms with Crippen LogP contribution in [0.15, 0.2) is 22.7 Å². The van der Waals surface area contributed by atoms with Crippen molar-refractivity contribution in [2.75, 3.05) is 7.05 Å². The molecule has 16 heavy (non-hydrogen) atoms. The van der Waals surface area contributed by atoms with Gasteiger partial charge in [-0.1, -0.05) is 34.8 Å². The first-order valence-corrected chi connectivity index (χ1v) is 6.94. The van der Waals surface area contributed by atoms with Crippen LogP contribution in [0.5, 0.6) is 0 Å². The molecule has 1 unspecified atom stereocenters. The lowest BCUT2D eigenvalue weighted by Gasteiger charge is -2.24. The van der Waals surface area contributed by atoms with Crippen molar-refractivity contribution in [2.24, 2.45) is 5.92 Å². The molecule has 1 aromatic carbocycles. The van der Waals surface area contributed by atoms with Gasteiger partial charge < -0.3 is 5.32 Å². The third-order valence-electron chi connectivity index (χ3n) is 3.61. The fourth-order valence-corrected chi connectivity index (χ4v) is 3.53. The monoisotopic (exact) mass is 281 g/mol. The Labute approximate surface area is 107 Å². The maximum atomic E-state index is 3.59. The van der Waals surface area contributed by atoms with Crippen LogP contribution in [0.25, 0.3) is 0 Å². The Hall–Kier alpha value is -0.340. The molecule has 2 heteroatoms. The van der Waals surface area contributed by atoms with E-state index < -0.39 is 0 Å². The molecule has 1 aliphatic rings. The first kappa shape index (κ1) is 12.1. The van der Waals surface area contributed by atoms with E-state index in [4.69, 9.17) is 0 Å². The molecule has 1 saturated carbocycles.